The summed E-state index contributed by atoms with van der Waals surface area (Å²) < 4.78 is 33.3. The first-order chi connectivity index (χ1) is 13.0. The summed E-state index contributed by atoms with van der Waals surface area (Å²) in [4.78, 5) is 4.48. The van der Waals surface area contributed by atoms with Crippen molar-refractivity contribution in [2.75, 3.05) is 13.1 Å². The van der Waals surface area contributed by atoms with E-state index in [0.29, 0.717) is 18.1 Å². The number of benzene rings is 2. The van der Waals surface area contributed by atoms with Crippen LogP contribution in [0.15, 0.2) is 64.1 Å². The van der Waals surface area contributed by atoms with Gasteiger partial charge >= 0.3 is 0 Å². The van der Waals surface area contributed by atoms with Gasteiger partial charge in [0.05, 0.1) is 4.90 Å². The molecule has 1 aliphatic heterocycles. The van der Waals surface area contributed by atoms with Gasteiger partial charge in [-0.15, -0.1) is 0 Å². The molecule has 0 spiro atoms. The summed E-state index contributed by atoms with van der Waals surface area (Å²) in [5.74, 6) is 0.573. The number of fused-ring (bicyclic) bond motifs is 1. The minimum Gasteiger partial charge on any atom is -0.449 e. The van der Waals surface area contributed by atoms with E-state index in [1.807, 2.05) is 12.1 Å². The molecule has 0 saturated heterocycles. The molecule has 27 heavy (non-hydrogen) atoms. The van der Waals surface area contributed by atoms with Crippen molar-refractivity contribution in [2.24, 2.45) is 0 Å². The normalized spacial score (nSPS) is 16.9. The lowest BCUT2D eigenvalue weighted by atomic mass is 9.95. The van der Waals surface area contributed by atoms with Crippen molar-refractivity contribution in [1.29, 1.82) is 0 Å². The first-order valence-corrected chi connectivity index (χ1v) is 10.3. The summed E-state index contributed by atoms with van der Waals surface area (Å²) in [6.07, 6.45) is 2.52. The third kappa shape index (κ3) is 3.80. The van der Waals surface area contributed by atoms with E-state index in [1.165, 1.54) is 5.56 Å². The number of hydrogen-bond acceptors (Lipinski definition) is 5. The van der Waals surface area contributed by atoms with Crippen molar-refractivity contribution >= 4 is 10.0 Å². The van der Waals surface area contributed by atoms with E-state index in [1.54, 1.807) is 37.5 Å². The Labute approximate surface area is 158 Å². The minimum atomic E-state index is -3.59. The summed E-state index contributed by atoms with van der Waals surface area (Å²) in [6.45, 7) is 2.92. The number of nitrogens with one attached hydrogen (secondary N) is 2. The van der Waals surface area contributed by atoms with Gasteiger partial charge in [0.1, 0.15) is 12.0 Å². The quantitative estimate of drug-likeness (QED) is 0.708. The molecule has 1 aromatic heterocycles. The van der Waals surface area contributed by atoms with Crippen molar-refractivity contribution in [3.05, 3.63) is 71.8 Å². The van der Waals surface area contributed by atoms with Gasteiger partial charge in [-0.05, 0) is 36.2 Å². The maximum Gasteiger partial charge on any atom is 0.240 e. The molecule has 1 atom stereocenters. The first-order valence-electron chi connectivity index (χ1n) is 8.86. The predicted octanol–water partition coefficient (Wildman–Crippen LogP) is 2.82. The van der Waals surface area contributed by atoms with Gasteiger partial charge in [0, 0.05) is 25.1 Å². The third-order valence-corrected chi connectivity index (χ3v) is 6.21. The highest BCUT2D eigenvalue weighted by molar-refractivity contribution is 7.89. The Morgan fingerprint density at radius 1 is 1.19 bits per heavy atom. The van der Waals surface area contributed by atoms with Crippen molar-refractivity contribution in [1.82, 2.24) is 15.0 Å². The molecule has 1 unspecified atom stereocenters. The van der Waals surface area contributed by atoms with Crippen LogP contribution in [0.25, 0.3) is 11.3 Å². The lowest BCUT2D eigenvalue weighted by Crippen LogP contribution is -2.38. The van der Waals surface area contributed by atoms with Crippen molar-refractivity contribution in [3.63, 3.8) is 0 Å². The maximum atomic E-state index is 12.7. The lowest BCUT2D eigenvalue weighted by molar-refractivity contribution is 0.491. The van der Waals surface area contributed by atoms with E-state index in [0.717, 1.165) is 24.1 Å². The Morgan fingerprint density at radius 3 is 2.70 bits per heavy atom. The van der Waals surface area contributed by atoms with E-state index >= 15 is 0 Å². The summed E-state index contributed by atoms with van der Waals surface area (Å²) in [6, 6.07) is 14.8. The zero-order valence-corrected chi connectivity index (χ0v) is 15.8. The van der Waals surface area contributed by atoms with Gasteiger partial charge in [0.15, 0.2) is 5.89 Å². The Bertz CT molecular complexity index is 1040. The molecular weight excluding hydrogens is 362 g/mol. The fourth-order valence-electron chi connectivity index (χ4n) is 3.35. The summed E-state index contributed by atoms with van der Waals surface area (Å²) in [5, 5.41) is 3.39. The van der Waals surface area contributed by atoms with Gasteiger partial charge in [-0.2, -0.15) is 0 Å². The second kappa shape index (κ2) is 7.26. The highest BCUT2D eigenvalue weighted by Gasteiger charge is 2.22. The maximum absolute atomic E-state index is 12.7. The predicted molar refractivity (Wildman–Crippen MR) is 103 cm³/mol. The summed E-state index contributed by atoms with van der Waals surface area (Å²) >= 11 is 0. The molecule has 4 rings (SSSR count). The molecule has 6 nitrogen and oxygen atoms in total. The molecule has 3 aromatic rings. The van der Waals surface area contributed by atoms with Gasteiger partial charge in [-0.25, -0.2) is 18.1 Å². The molecule has 7 heteroatoms. The molecule has 0 amide bonds. The Hall–Kier alpha value is -2.48. The van der Waals surface area contributed by atoms with Gasteiger partial charge in [0.25, 0.3) is 0 Å². The van der Waals surface area contributed by atoms with E-state index < -0.39 is 10.0 Å². The van der Waals surface area contributed by atoms with Crippen LogP contribution >= 0.6 is 0 Å². The zero-order valence-electron chi connectivity index (χ0n) is 15.0. The molecule has 0 bridgehead atoms. The standard InChI is InChI=1S/C20H21N3O3S/c1-14-23-20(13-26-14)16-6-8-17(9-7-16)27(24,25)22-12-19-18-5-3-2-4-15(18)10-11-21-19/h2-9,13,19,21-22H,10-12H2,1H3. The van der Waals surface area contributed by atoms with Crippen LogP contribution in [0.5, 0.6) is 0 Å². The Kier molecular flexibility index (Phi) is 4.82. The van der Waals surface area contributed by atoms with Crippen LogP contribution in [0.3, 0.4) is 0 Å². The summed E-state index contributed by atoms with van der Waals surface area (Å²) in [5.41, 5.74) is 3.93. The lowest BCUT2D eigenvalue weighted by Gasteiger charge is -2.27. The monoisotopic (exact) mass is 383 g/mol. The van der Waals surface area contributed by atoms with Crippen LogP contribution in [0.1, 0.15) is 23.1 Å². The second-order valence-corrected chi connectivity index (χ2v) is 8.35. The molecule has 2 heterocycles. The molecule has 1 aliphatic rings. The van der Waals surface area contributed by atoms with E-state index in [2.05, 4.69) is 27.2 Å². The average Bonchev–Trinajstić information content (AvgIpc) is 3.13. The smallest absolute Gasteiger partial charge is 0.240 e. The highest BCUT2D eigenvalue weighted by Crippen LogP contribution is 2.23. The minimum absolute atomic E-state index is 0.0258. The first kappa shape index (κ1) is 17.9. The molecule has 0 radical (unpaired) electrons. The van der Waals surface area contributed by atoms with Gasteiger partial charge in [-0.1, -0.05) is 36.4 Å². The fraction of sp³-hybridized carbons (Fsp3) is 0.250. The molecule has 140 valence electrons. The molecule has 0 aliphatic carbocycles. The molecule has 2 N–H and O–H groups in total. The van der Waals surface area contributed by atoms with E-state index in [-0.39, 0.29) is 10.9 Å². The number of aromatic nitrogens is 1. The van der Waals surface area contributed by atoms with Gasteiger partial charge in [0.2, 0.25) is 10.0 Å². The molecule has 2 aromatic carbocycles. The van der Waals surface area contributed by atoms with Crippen LogP contribution in [-0.2, 0) is 16.4 Å². The Balaban J connectivity index is 1.48. The number of rotatable bonds is 5. The van der Waals surface area contributed by atoms with Crippen LogP contribution in [0.2, 0.25) is 0 Å². The largest absolute Gasteiger partial charge is 0.449 e. The highest BCUT2D eigenvalue weighted by atomic mass is 32.2. The number of nitrogens with zero attached hydrogens (tertiary/aromatic N) is 1. The Morgan fingerprint density at radius 2 is 1.96 bits per heavy atom. The zero-order chi connectivity index (χ0) is 18.9. The number of sulfonamides is 1. The van der Waals surface area contributed by atoms with E-state index in [4.69, 9.17) is 4.42 Å². The fourth-order valence-corrected chi connectivity index (χ4v) is 4.40. The SMILES string of the molecule is Cc1nc(-c2ccc(S(=O)(=O)NCC3NCCc4ccccc43)cc2)co1. The van der Waals surface area contributed by atoms with Crippen molar-refractivity contribution in [3.8, 4) is 11.3 Å². The number of hydrogen-bond donors (Lipinski definition) is 2. The van der Waals surface area contributed by atoms with Gasteiger partial charge < -0.3 is 9.73 Å². The second-order valence-electron chi connectivity index (χ2n) is 6.58. The molecule has 0 fully saturated rings. The van der Waals surface area contributed by atoms with Crippen LogP contribution in [0, 0.1) is 6.92 Å². The third-order valence-electron chi connectivity index (χ3n) is 4.77. The van der Waals surface area contributed by atoms with Crippen LogP contribution in [0.4, 0.5) is 0 Å². The topological polar surface area (TPSA) is 84.2 Å². The van der Waals surface area contributed by atoms with Crippen LogP contribution < -0.4 is 10.0 Å². The summed E-state index contributed by atoms with van der Waals surface area (Å²) in [7, 11) is -3.59. The number of aryl methyl sites for hydroxylation is 1. The van der Waals surface area contributed by atoms with Crippen molar-refractivity contribution < 1.29 is 12.8 Å². The van der Waals surface area contributed by atoms with Crippen LogP contribution in [-0.4, -0.2) is 26.5 Å². The molecular formula is C20H21N3O3S. The van der Waals surface area contributed by atoms with Gasteiger partial charge in [-0.3, -0.25) is 0 Å². The van der Waals surface area contributed by atoms with E-state index in [9.17, 15) is 8.42 Å². The van der Waals surface area contributed by atoms with Crippen molar-refractivity contribution in [2.45, 2.75) is 24.3 Å². The average molecular weight is 383 g/mol. The number of oxazole rings is 1. The molecule has 0 saturated carbocycles.